The summed E-state index contributed by atoms with van der Waals surface area (Å²) in [5.74, 6) is -0.163. The molecule has 0 radical (unpaired) electrons. The summed E-state index contributed by atoms with van der Waals surface area (Å²) in [6, 6.07) is 18.3. The maximum absolute atomic E-state index is 14.2. The Hall–Kier alpha value is -3.38. The van der Waals surface area contributed by atoms with Crippen LogP contribution < -0.4 is 5.32 Å². The number of amides is 1. The summed E-state index contributed by atoms with van der Waals surface area (Å²) in [6.45, 7) is 0.224. The lowest BCUT2D eigenvalue weighted by atomic mass is 10.1. The predicted octanol–water partition coefficient (Wildman–Crippen LogP) is 4.85. The molecule has 4 aromatic rings. The Bertz CT molecular complexity index is 1120. The monoisotopic (exact) mass is 395 g/mol. The van der Waals surface area contributed by atoms with Crippen molar-refractivity contribution in [1.82, 2.24) is 15.1 Å². The average Bonchev–Trinajstić information content (AvgIpc) is 3.36. The largest absolute Gasteiger partial charge is 0.467 e. The fourth-order valence-corrected chi connectivity index (χ4v) is 3.00. The van der Waals surface area contributed by atoms with Crippen molar-refractivity contribution in [3.63, 3.8) is 0 Å². The average molecular weight is 396 g/mol. The molecule has 0 fully saturated rings. The second-order valence-electron chi connectivity index (χ2n) is 6.05. The van der Waals surface area contributed by atoms with Crippen LogP contribution in [0.15, 0.2) is 77.4 Å². The third-order valence-corrected chi connectivity index (χ3v) is 4.38. The van der Waals surface area contributed by atoms with Crippen molar-refractivity contribution in [2.24, 2.45) is 0 Å². The van der Waals surface area contributed by atoms with E-state index in [2.05, 4.69) is 10.4 Å². The molecule has 2 aromatic carbocycles. The molecule has 4 rings (SSSR count). The molecule has 2 heterocycles. The highest BCUT2D eigenvalue weighted by Crippen LogP contribution is 2.25. The van der Waals surface area contributed by atoms with E-state index in [4.69, 9.17) is 16.0 Å². The first kappa shape index (κ1) is 18.0. The lowest BCUT2D eigenvalue weighted by Gasteiger charge is -2.08. The van der Waals surface area contributed by atoms with E-state index in [1.807, 2.05) is 0 Å². The molecule has 0 saturated carbocycles. The van der Waals surface area contributed by atoms with Gasteiger partial charge < -0.3 is 9.73 Å². The van der Waals surface area contributed by atoms with Crippen LogP contribution in [-0.4, -0.2) is 15.7 Å². The zero-order valence-electron chi connectivity index (χ0n) is 14.6. The molecule has 0 aliphatic carbocycles. The molecule has 7 heteroatoms. The predicted molar refractivity (Wildman–Crippen MR) is 104 cm³/mol. The minimum absolute atomic E-state index is 0.224. The van der Waals surface area contributed by atoms with Crippen LogP contribution in [0.5, 0.6) is 0 Å². The minimum atomic E-state index is -0.416. The van der Waals surface area contributed by atoms with Gasteiger partial charge in [-0.15, -0.1) is 0 Å². The van der Waals surface area contributed by atoms with Crippen LogP contribution in [0.25, 0.3) is 16.9 Å². The Morgan fingerprint density at radius 2 is 1.96 bits per heavy atom. The first-order valence-corrected chi connectivity index (χ1v) is 8.91. The highest BCUT2D eigenvalue weighted by atomic mass is 35.5. The molecule has 1 amide bonds. The molecule has 0 saturated heterocycles. The highest BCUT2D eigenvalue weighted by Gasteiger charge is 2.19. The SMILES string of the molecule is O=C(NCc1ccco1)c1cc(-c2ccccc2F)nn1-c1cccc(Cl)c1. The number of nitrogens with one attached hydrogen (secondary N) is 1. The Morgan fingerprint density at radius 3 is 2.71 bits per heavy atom. The highest BCUT2D eigenvalue weighted by molar-refractivity contribution is 6.30. The van der Waals surface area contributed by atoms with Crippen LogP contribution in [0.1, 0.15) is 16.2 Å². The van der Waals surface area contributed by atoms with E-state index < -0.39 is 5.82 Å². The number of carbonyl (C=O) groups excluding carboxylic acids is 1. The fraction of sp³-hybridized carbons (Fsp3) is 0.0476. The van der Waals surface area contributed by atoms with Gasteiger partial charge in [0, 0.05) is 10.6 Å². The maximum atomic E-state index is 14.2. The first-order valence-electron chi connectivity index (χ1n) is 8.53. The Morgan fingerprint density at radius 1 is 1.11 bits per heavy atom. The summed E-state index contributed by atoms with van der Waals surface area (Å²) in [6.07, 6.45) is 1.54. The molecule has 1 N–H and O–H groups in total. The summed E-state index contributed by atoms with van der Waals surface area (Å²) in [4.78, 5) is 12.8. The second kappa shape index (κ2) is 7.70. The molecule has 0 aliphatic heterocycles. The number of hydrogen-bond acceptors (Lipinski definition) is 3. The Labute approximate surface area is 165 Å². The van der Waals surface area contributed by atoms with E-state index >= 15 is 0 Å². The quantitative estimate of drug-likeness (QED) is 0.525. The maximum Gasteiger partial charge on any atom is 0.270 e. The molecular formula is C21H15ClFN3O2. The van der Waals surface area contributed by atoms with Crippen LogP contribution in [0.4, 0.5) is 4.39 Å². The van der Waals surface area contributed by atoms with E-state index in [9.17, 15) is 9.18 Å². The zero-order chi connectivity index (χ0) is 19.5. The molecule has 0 bridgehead atoms. The summed E-state index contributed by atoms with van der Waals surface area (Å²) >= 11 is 6.09. The van der Waals surface area contributed by atoms with Crippen LogP contribution in [0, 0.1) is 5.82 Å². The molecule has 0 aliphatic rings. The van der Waals surface area contributed by atoms with Crippen molar-refractivity contribution in [3.8, 4) is 16.9 Å². The standard InChI is InChI=1S/C21H15ClFN3O2/c22-14-5-3-6-15(11-14)26-20(21(27)24-13-16-7-4-10-28-16)12-19(25-26)17-8-1-2-9-18(17)23/h1-12H,13H2,(H,24,27). The number of benzene rings is 2. The van der Waals surface area contributed by atoms with Crippen molar-refractivity contribution in [1.29, 1.82) is 0 Å². The summed E-state index contributed by atoms with van der Waals surface area (Å²) in [5.41, 5.74) is 1.51. The van der Waals surface area contributed by atoms with Gasteiger partial charge in [-0.3, -0.25) is 4.79 Å². The van der Waals surface area contributed by atoms with Gasteiger partial charge in [-0.25, -0.2) is 9.07 Å². The summed E-state index contributed by atoms with van der Waals surface area (Å²) in [7, 11) is 0. The lowest BCUT2D eigenvalue weighted by Crippen LogP contribution is -2.25. The van der Waals surface area contributed by atoms with Gasteiger partial charge in [0.2, 0.25) is 0 Å². The van der Waals surface area contributed by atoms with E-state index in [0.717, 1.165) is 0 Å². The molecule has 0 spiro atoms. The number of aromatic nitrogens is 2. The lowest BCUT2D eigenvalue weighted by molar-refractivity contribution is 0.0940. The molecule has 0 atom stereocenters. The van der Waals surface area contributed by atoms with Crippen LogP contribution >= 0.6 is 11.6 Å². The number of nitrogens with zero attached hydrogens (tertiary/aromatic N) is 2. The number of rotatable bonds is 5. The number of furan rings is 1. The van der Waals surface area contributed by atoms with Crippen molar-refractivity contribution in [2.45, 2.75) is 6.54 Å². The second-order valence-corrected chi connectivity index (χ2v) is 6.48. The minimum Gasteiger partial charge on any atom is -0.467 e. The topological polar surface area (TPSA) is 60.1 Å². The van der Waals surface area contributed by atoms with Crippen molar-refractivity contribution in [3.05, 3.63) is 95.3 Å². The van der Waals surface area contributed by atoms with Gasteiger partial charge >= 0.3 is 0 Å². The van der Waals surface area contributed by atoms with Crippen LogP contribution in [0.3, 0.4) is 0 Å². The molecular weight excluding hydrogens is 381 g/mol. The summed E-state index contributed by atoms with van der Waals surface area (Å²) in [5, 5.41) is 7.74. The van der Waals surface area contributed by atoms with E-state index in [0.29, 0.717) is 27.7 Å². The molecule has 28 heavy (non-hydrogen) atoms. The molecule has 140 valence electrons. The van der Waals surface area contributed by atoms with Crippen molar-refractivity contribution >= 4 is 17.5 Å². The first-order chi connectivity index (χ1) is 13.6. The molecule has 5 nitrogen and oxygen atoms in total. The number of carbonyl (C=O) groups is 1. The van der Waals surface area contributed by atoms with Gasteiger partial charge in [0.15, 0.2) is 0 Å². The van der Waals surface area contributed by atoms with E-state index in [1.54, 1.807) is 60.7 Å². The third kappa shape index (κ3) is 3.68. The zero-order valence-corrected chi connectivity index (χ0v) is 15.4. The van der Waals surface area contributed by atoms with Gasteiger partial charge in [-0.1, -0.05) is 29.8 Å². The van der Waals surface area contributed by atoms with Gasteiger partial charge in [-0.05, 0) is 48.5 Å². The van der Waals surface area contributed by atoms with Crippen molar-refractivity contribution in [2.75, 3.05) is 0 Å². The Balaban J connectivity index is 1.74. The number of halogens is 2. The van der Waals surface area contributed by atoms with Crippen LogP contribution in [0.2, 0.25) is 5.02 Å². The third-order valence-electron chi connectivity index (χ3n) is 4.15. The normalized spacial score (nSPS) is 10.8. The van der Waals surface area contributed by atoms with Gasteiger partial charge in [0.1, 0.15) is 17.3 Å². The fourth-order valence-electron chi connectivity index (χ4n) is 2.82. The van der Waals surface area contributed by atoms with Crippen LogP contribution in [-0.2, 0) is 6.54 Å². The Kier molecular flexibility index (Phi) is 4.95. The molecule has 0 unspecified atom stereocenters. The van der Waals surface area contributed by atoms with Gasteiger partial charge in [0.05, 0.1) is 24.2 Å². The number of hydrogen-bond donors (Lipinski definition) is 1. The van der Waals surface area contributed by atoms with Gasteiger partial charge in [-0.2, -0.15) is 5.10 Å². The smallest absolute Gasteiger partial charge is 0.270 e. The summed E-state index contributed by atoms with van der Waals surface area (Å²) < 4.78 is 20.9. The van der Waals surface area contributed by atoms with Crippen molar-refractivity contribution < 1.29 is 13.6 Å². The molecule has 2 aromatic heterocycles. The van der Waals surface area contributed by atoms with Gasteiger partial charge in [0.25, 0.3) is 5.91 Å². The van der Waals surface area contributed by atoms with E-state index in [1.165, 1.54) is 17.0 Å². The van der Waals surface area contributed by atoms with E-state index in [-0.39, 0.29) is 18.1 Å².